The molecule has 1 saturated heterocycles. The number of fused-ring (bicyclic) bond motifs is 1. The van der Waals surface area contributed by atoms with Crippen LogP contribution in [0.25, 0.3) is 11.1 Å². The molecule has 12 heteroatoms. The fraction of sp³-hybridized carbons (Fsp3) is 0.440. The van der Waals surface area contributed by atoms with Gasteiger partial charge in [0.05, 0.1) is 16.6 Å². The first-order chi connectivity index (χ1) is 17.7. The lowest BCUT2D eigenvalue weighted by Gasteiger charge is -2.37. The van der Waals surface area contributed by atoms with Gasteiger partial charge in [-0.1, -0.05) is 61.3 Å². The van der Waals surface area contributed by atoms with E-state index in [2.05, 4.69) is 5.32 Å². The van der Waals surface area contributed by atoms with Crippen LogP contribution in [-0.4, -0.2) is 75.8 Å². The summed E-state index contributed by atoms with van der Waals surface area (Å²) in [6.07, 6.45) is -9.49. The number of aliphatic hydroxyl groups excluding tert-OH is 3. The predicted octanol–water partition coefficient (Wildman–Crippen LogP) is 3.00. The Balaban J connectivity index is 0.00000186. The molecule has 1 fully saturated rings. The first-order valence-electron chi connectivity index (χ1n) is 11.8. The Kier molecular flexibility index (Phi) is 10.00. The van der Waals surface area contributed by atoms with Crippen LogP contribution in [0.2, 0.25) is 10.0 Å². The number of halogens is 2. The van der Waals surface area contributed by atoms with Gasteiger partial charge in [0.15, 0.2) is 6.10 Å². The Labute approximate surface area is 223 Å². The van der Waals surface area contributed by atoms with Crippen molar-refractivity contribution < 1.29 is 44.2 Å². The number of ether oxygens (including phenoxy) is 3. The van der Waals surface area contributed by atoms with Crippen molar-refractivity contribution in [2.24, 2.45) is 0 Å². The zero-order valence-corrected chi connectivity index (χ0v) is 21.6. The average Bonchev–Trinajstić information content (AvgIpc) is 2.88. The summed E-state index contributed by atoms with van der Waals surface area (Å²) in [4.78, 5) is 23.5. The Morgan fingerprint density at radius 3 is 2.32 bits per heavy atom. The molecule has 2 aromatic rings. The average molecular weight is 558 g/mol. The van der Waals surface area contributed by atoms with Crippen molar-refractivity contribution in [2.75, 3.05) is 6.54 Å². The Morgan fingerprint density at radius 2 is 1.68 bits per heavy atom. The summed E-state index contributed by atoms with van der Waals surface area (Å²) in [7, 11) is 0. The standard InChI is InChI=1S/C23H23Cl2NO9.C2H6/c24-13-5-2-6-14(25)15(13)12-4-1-3-10-7-8-11(33-19(10)12)9-26-23(32)35-22-18(29)16(27)17(28)20(34-22)21(30)31;1-2/h1-6,11,16-18,20,22,27-29H,7-9H2,(H,26,32)(H,30,31);1-2H3/t11-,16?,17?,18?,20?,22?;/m1./s1. The first-order valence-corrected chi connectivity index (χ1v) is 12.5. The third-order valence-electron chi connectivity index (χ3n) is 5.86. The van der Waals surface area contributed by atoms with Crippen LogP contribution < -0.4 is 10.1 Å². The number of hydrogen-bond acceptors (Lipinski definition) is 8. The van der Waals surface area contributed by atoms with Gasteiger partial charge in [0.1, 0.15) is 30.2 Å². The molecule has 5 unspecified atom stereocenters. The molecule has 0 spiro atoms. The summed E-state index contributed by atoms with van der Waals surface area (Å²) in [6.45, 7) is 4.03. The third-order valence-corrected chi connectivity index (χ3v) is 6.49. The van der Waals surface area contributed by atoms with Gasteiger partial charge in [-0.2, -0.15) is 0 Å². The van der Waals surface area contributed by atoms with Gasteiger partial charge >= 0.3 is 12.1 Å². The lowest BCUT2D eigenvalue weighted by molar-refractivity contribution is -0.278. The summed E-state index contributed by atoms with van der Waals surface area (Å²) in [5.41, 5.74) is 2.32. The van der Waals surface area contributed by atoms with Gasteiger partial charge in [0.2, 0.25) is 6.29 Å². The largest absolute Gasteiger partial charge is 0.488 e. The van der Waals surface area contributed by atoms with E-state index in [0.717, 1.165) is 11.1 Å². The van der Waals surface area contributed by atoms with Crippen LogP contribution in [0, 0.1) is 0 Å². The highest BCUT2D eigenvalue weighted by molar-refractivity contribution is 6.39. The molecule has 5 N–H and O–H groups in total. The van der Waals surface area contributed by atoms with Crippen LogP contribution >= 0.6 is 23.2 Å². The van der Waals surface area contributed by atoms with Crippen molar-refractivity contribution in [2.45, 2.75) is 63.5 Å². The van der Waals surface area contributed by atoms with Crippen LogP contribution in [0.1, 0.15) is 25.8 Å². The molecular formula is C25H29Cl2NO9. The number of carboxylic acids is 1. The second-order valence-electron chi connectivity index (χ2n) is 8.19. The van der Waals surface area contributed by atoms with Gasteiger partial charge in [-0.3, -0.25) is 0 Å². The summed E-state index contributed by atoms with van der Waals surface area (Å²) >= 11 is 12.8. The summed E-state index contributed by atoms with van der Waals surface area (Å²) in [5.74, 6) is -0.984. The van der Waals surface area contributed by atoms with Gasteiger partial charge in [-0.25, -0.2) is 9.59 Å². The van der Waals surface area contributed by atoms with Crippen LogP contribution in [0.3, 0.4) is 0 Å². The molecule has 0 saturated carbocycles. The molecule has 2 aliphatic heterocycles. The summed E-state index contributed by atoms with van der Waals surface area (Å²) < 4.78 is 16.0. The maximum absolute atomic E-state index is 12.3. The molecule has 1 amide bonds. The molecule has 4 rings (SSSR count). The Bertz CT molecular complexity index is 1100. The van der Waals surface area contributed by atoms with Crippen LogP contribution in [-0.2, 0) is 20.7 Å². The number of alkyl carbamates (subject to hydrolysis) is 1. The summed E-state index contributed by atoms with van der Waals surface area (Å²) in [6, 6.07) is 10.9. The minimum absolute atomic E-state index is 0.0270. The molecule has 2 aliphatic rings. The zero-order valence-electron chi connectivity index (χ0n) is 20.1. The maximum atomic E-state index is 12.3. The van der Waals surface area contributed by atoms with Crippen LogP contribution in [0.5, 0.6) is 5.75 Å². The lowest BCUT2D eigenvalue weighted by atomic mass is 9.95. The van der Waals surface area contributed by atoms with Gasteiger partial charge in [0, 0.05) is 11.1 Å². The van der Waals surface area contributed by atoms with Gasteiger partial charge < -0.3 is 40.0 Å². The molecule has 202 valence electrons. The number of para-hydroxylation sites is 1. The highest BCUT2D eigenvalue weighted by atomic mass is 35.5. The smallest absolute Gasteiger partial charge is 0.409 e. The minimum Gasteiger partial charge on any atom is -0.488 e. The Morgan fingerprint density at radius 1 is 1.03 bits per heavy atom. The predicted molar refractivity (Wildman–Crippen MR) is 135 cm³/mol. The number of benzene rings is 2. The van der Waals surface area contributed by atoms with E-state index in [1.54, 1.807) is 18.2 Å². The number of carbonyl (C=O) groups excluding carboxylic acids is 1. The number of amides is 1. The number of hydrogen-bond donors (Lipinski definition) is 5. The van der Waals surface area contributed by atoms with Crippen molar-refractivity contribution >= 4 is 35.3 Å². The van der Waals surface area contributed by atoms with Crippen molar-refractivity contribution in [3.8, 4) is 16.9 Å². The van der Waals surface area contributed by atoms with Gasteiger partial charge in [-0.15, -0.1) is 0 Å². The molecule has 6 atom stereocenters. The third kappa shape index (κ3) is 6.46. The van der Waals surface area contributed by atoms with Crippen molar-refractivity contribution in [1.29, 1.82) is 0 Å². The fourth-order valence-corrected chi connectivity index (χ4v) is 4.65. The quantitative estimate of drug-likeness (QED) is 0.373. The highest BCUT2D eigenvalue weighted by Gasteiger charge is 2.48. The monoisotopic (exact) mass is 557 g/mol. The Hall–Kier alpha value is -2.60. The van der Waals surface area contributed by atoms with Gasteiger partial charge in [0.25, 0.3) is 0 Å². The molecule has 0 aromatic heterocycles. The highest BCUT2D eigenvalue weighted by Crippen LogP contribution is 2.43. The minimum atomic E-state index is -1.89. The zero-order chi connectivity index (χ0) is 27.3. The number of rotatable bonds is 5. The molecule has 0 aliphatic carbocycles. The lowest BCUT2D eigenvalue weighted by Crippen LogP contribution is -2.61. The number of carbonyl (C=O) groups is 2. The molecule has 2 heterocycles. The van der Waals surface area contributed by atoms with Crippen LogP contribution in [0.15, 0.2) is 36.4 Å². The first kappa shape index (κ1) is 29.0. The van der Waals surface area contributed by atoms with Crippen molar-refractivity contribution in [1.82, 2.24) is 5.32 Å². The number of aryl methyl sites for hydroxylation is 1. The van der Waals surface area contributed by atoms with Crippen LogP contribution in [0.4, 0.5) is 4.79 Å². The molecular weight excluding hydrogens is 529 g/mol. The molecule has 10 nitrogen and oxygen atoms in total. The number of aliphatic carboxylic acids is 1. The topological polar surface area (TPSA) is 155 Å². The second kappa shape index (κ2) is 12.8. The fourth-order valence-electron chi connectivity index (χ4n) is 4.05. The van der Waals surface area contributed by atoms with Gasteiger partial charge in [-0.05, 0) is 30.5 Å². The molecule has 0 radical (unpaired) electrons. The van der Waals surface area contributed by atoms with Crippen molar-refractivity contribution in [3.05, 3.63) is 52.0 Å². The van der Waals surface area contributed by atoms with E-state index in [1.165, 1.54) is 0 Å². The van der Waals surface area contributed by atoms with E-state index in [4.69, 9.17) is 42.5 Å². The second-order valence-corrected chi connectivity index (χ2v) is 9.00. The summed E-state index contributed by atoms with van der Waals surface area (Å²) in [5, 5.41) is 42.1. The van der Waals surface area contributed by atoms with E-state index < -0.39 is 48.9 Å². The number of carboxylic acid groups (broad SMARTS) is 1. The number of aliphatic hydroxyl groups is 3. The van der Waals surface area contributed by atoms with E-state index >= 15 is 0 Å². The molecule has 37 heavy (non-hydrogen) atoms. The normalized spacial score (nSPS) is 26.6. The maximum Gasteiger partial charge on any atom is 0.409 e. The van der Waals surface area contributed by atoms with E-state index in [1.807, 2.05) is 32.0 Å². The van der Waals surface area contributed by atoms with E-state index in [-0.39, 0.29) is 6.54 Å². The van der Waals surface area contributed by atoms with Crippen molar-refractivity contribution in [3.63, 3.8) is 0 Å². The SMILES string of the molecule is CC.O=C(NC[C@H]1CCc2cccc(-c3c(Cl)cccc3Cl)c2O1)OC1OC(C(=O)O)C(O)C(O)C1O. The molecule has 2 aromatic carbocycles. The number of nitrogens with one attached hydrogen (secondary N) is 1. The van der Waals surface area contributed by atoms with E-state index in [0.29, 0.717) is 34.2 Å². The molecule has 0 bridgehead atoms. The van der Waals surface area contributed by atoms with E-state index in [9.17, 15) is 24.9 Å².